The third-order valence-corrected chi connectivity index (χ3v) is 3.16. The lowest BCUT2D eigenvalue weighted by Crippen LogP contribution is -2.23. The van der Waals surface area contributed by atoms with E-state index in [0.29, 0.717) is 12.5 Å². The molecular weight excluding hydrogens is 262 g/mol. The Bertz CT molecular complexity index is 707. The van der Waals surface area contributed by atoms with Crippen LogP contribution in [0.4, 0.5) is 0 Å². The van der Waals surface area contributed by atoms with Crippen molar-refractivity contribution in [3.63, 3.8) is 0 Å². The van der Waals surface area contributed by atoms with E-state index in [1.54, 1.807) is 17.9 Å². The first-order valence-electron chi connectivity index (χ1n) is 7.13. The van der Waals surface area contributed by atoms with Crippen LogP contribution in [0.1, 0.15) is 25.8 Å². The Morgan fingerprint density at radius 3 is 2.86 bits per heavy atom. The number of hydrogen-bond donors (Lipinski definition) is 1. The number of hydrogen-bond acceptors (Lipinski definition) is 3. The summed E-state index contributed by atoms with van der Waals surface area (Å²) >= 11 is 0. The molecule has 2 N–H and O–H groups in total. The van der Waals surface area contributed by atoms with E-state index in [1.807, 2.05) is 31.2 Å². The number of benzene rings is 1. The predicted octanol–water partition coefficient (Wildman–Crippen LogP) is 2.60. The molecule has 0 amide bonds. The summed E-state index contributed by atoms with van der Waals surface area (Å²) in [5.74, 6) is 0.406. The maximum Gasteiger partial charge on any atom is 0.217 e. The van der Waals surface area contributed by atoms with Gasteiger partial charge in [0.25, 0.3) is 0 Å². The van der Waals surface area contributed by atoms with Crippen molar-refractivity contribution in [1.29, 1.82) is 0 Å². The lowest BCUT2D eigenvalue weighted by Gasteiger charge is -2.05. The zero-order valence-corrected chi connectivity index (χ0v) is 12.7. The van der Waals surface area contributed by atoms with Gasteiger partial charge in [0.15, 0.2) is 0 Å². The van der Waals surface area contributed by atoms with Crippen molar-refractivity contribution >= 4 is 22.6 Å². The van der Waals surface area contributed by atoms with Crippen molar-refractivity contribution in [2.24, 2.45) is 15.7 Å². The molecule has 110 valence electrons. The van der Waals surface area contributed by atoms with E-state index < -0.39 is 0 Å². The summed E-state index contributed by atoms with van der Waals surface area (Å²) in [5, 5.41) is 5.34. The van der Waals surface area contributed by atoms with Gasteiger partial charge in [-0.2, -0.15) is 5.10 Å². The second-order valence-corrected chi connectivity index (χ2v) is 4.58. The van der Waals surface area contributed by atoms with Crippen LogP contribution < -0.4 is 5.73 Å². The van der Waals surface area contributed by atoms with E-state index in [-0.39, 0.29) is 0 Å². The van der Waals surface area contributed by atoms with E-state index in [0.717, 1.165) is 28.6 Å². The van der Waals surface area contributed by atoms with Gasteiger partial charge in [0.1, 0.15) is 0 Å². The fraction of sp³-hybridized carbons (Fsp3) is 0.312. The molecule has 0 saturated carbocycles. The summed E-state index contributed by atoms with van der Waals surface area (Å²) in [4.78, 5) is 8.55. The van der Waals surface area contributed by atoms with Crippen LogP contribution >= 0.6 is 0 Å². The summed E-state index contributed by atoms with van der Waals surface area (Å²) in [5.41, 5.74) is 8.88. The molecule has 0 atom stereocenters. The average Bonchev–Trinajstić information content (AvgIpc) is 2.91. The van der Waals surface area contributed by atoms with Crippen molar-refractivity contribution < 1.29 is 0 Å². The number of allylic oxidation sites excluding steroid dienone is 2. The molecule has 0 saturated heterocycles. The van der Waals surface area contributed by atoms with Gasteiger partial charge in [-0.3, -0.25) is 9.98 Å². The van der Waals surface area contributed by atoms with Crippen LogP contribution in [0.5, 0.6) is 0 Å². The van der Waals surface area contributed by atoms with Crippen LogP contribution in [0.25, 0.3) is 10.9 Å². The minimum atomic E-state index is 0.406. The summed E-state index contributed by atoms with van der Waals surface area (Å²) in [7, 11) is 1.80. The number of aromatic nitrogens is 2. The van der Waals surface area contributed by atoms with Gasteiger partial charge >= 0.3 is 0 Å². The average molecular weight is 283 g/mol. The van der Waals surface area contributed by atoms with Gasteiger partial charge in [0.05, 0.1) is 17.4 Å². The molecule has 1 aromatic heterocycles. The first-order valence-corrected chi connectivity index (χ1v) is 7.13. The Kier molecular flexibility index (Phi) is 4.87. The third-order valence-electron chi connectivity index (χ3n) is 3.16. The summed E-state index contributed by atoms with van der Waals surface area (Å²) in [6.07, 6.45) is 6.90. The number of rotatable bonds is 4. The molecule has 0 radical (unpaired) electrons. The molecule has 0 unspecified atom stereocenters. The Morgan fingerprint density at radius 1 is 1.38 bits per heavy atom. The quantitative estimate of drug-likeness (QED) is 0.692. The van der Waals surface area contributed by atoms with E-state index in [1.165, 1.54) is 0 Å². The molecule has 21 heavy (non-hydrogen) atoms. The van der Waals surface area contributed by atoms with Crippen LogP contribution in [-0.4, -0.2) is 35.0 Å². The first kappa shape index (κ1) is 15.0. The fourth-order valence-electron chi connectivity index (χ4n) is 2.12. The van der Waals surface area contributed by atoms with Crippen molar-refractivity contribution in [3.05, 3.63) is 42.1 Å². The highest BCUT2D eigenvalue weighted by molar-refractivity contribution is 6.10. The molecule has 0 aliphatic rings. The minimum Gasteiger partial charge on any atom is -0.368 e. The Balaban J connectivity index is 2.52. The molecule has 0 bridgehead atoms. The standard InChI is InChI=1S/C16H21N5/c1-4-6-7-14(18-3)12-8-9-13-11-20-21(15(13)10-12)16(17)19-5-2/h6-11H,4-5H2,1-3H3,(H2,17,19)/b7-6-,18-14+. The minimum absolute atomic E-state index is 0.406. The first-order chi connectivity index (χ1) is 10.2. The van der Waals surface area contributed by atoms with E-state index in [2.05, 4.69) is 28.1 Å². The molecule has 5 heteroatoms. The number of nitrogens with two attached hydrogens (primary N) is 1. The summed E-state index contributed by atoms with van der Waals surface area (Å²) in [6.45, 7) is 4.68. The van der Waals surface area contributed by atoms with E-state index in [9.17, 15) is 0 Å². The topological polar surface area (TPSA) is 68.6 Å². The van der Waals surface area contributed by atoms with Gasteiger partial charge in [-0.1, -0.05) is 25.1 Å². The molecule has 0 aliphatic heterocycles. The number of aliphatic imine (C=N–C) groups is 2. The Morgan fingerprint density at radius 2 is 2.19 bits per heavy atom. The molecule has 1 heterocycles. The van der Waals surface area contributed by atoms with Gasteiger partial charge in [-0.15, -0.1) is 0 Å². The van der Waals surface area contributed by atoms with Crippen LogP contribution in [0.3, 0.4) is 0 Å². The van der Waals surface area contributed by atoms with Gasteiger partial charge < -0.3 is 5.73 Å². The number of nitrogens with zero attached hydrogens (tertiary/aromatic N) is 4. The van der Waals surface area contributed by atoms with Crippen LogP contribution in [-0.2, 0) is 0 Å². The van der Waals surface area contributed by atoms with Crippen LogP contribution in [0, 0.1) is 0 Å². The summed E-state index contributed by atoms with van der Waals surface area (Å²) < 4.78 is 1.67. The van der Waals surface area contributed by atoms with Crippen molar-refractivity contribution in [2.45, 2.75) is 20.3 Å². The van der Waals surface area contributed by atoms with Gasteiger partial charge in [0.2, 0.25) is 5.96 Å². The van der Waals surface area contributed by atoms with Crippen molar-refractivity contribution in [3.8, 4) is 0 Å². The lowest BCUT2D eigenvalue weighted by molar-refractivity contribution is 0.930. The highest BCUT2D eigenvalue weighted by Gasteiger charge is 2.08. The fourth-order valence-corrected chi connectivity index (χ4v) is 2.12. The van der Waals surface area contributed by atoms with Crippen molar-refractivity contribution in [1.82, 2.24) is 9.78 Å². The highest BCUT2D eigenvalue weighted by Crippen LogP contribution is 2.16. The third kappa shape index (κ3) is 3.18. The smallest absolute Gasteiger partial charge is 0.217 e. The van der Waals surface area contributed by atoms with Crippen LogP contribution in [0.15, 0.2) is 46.5 Å². The van der Waals surface area contributed by atoms with Gasteiger partial charge in [-0.05, 0) is 25.5 Å². The van der Waals surface area contributed by atoms with Crippen LogP contribution in [0.2, 0.25) is 0 Å². The molecule has 0 aliphatic carbocycles. The molecule has 5 nitrogen and oxygen atoms in total. The lowest BCUT2D eigenvalue weighted by atomic mass is 10.1. The molecule has 2 aromatic rings. The Hall–Kier alpha value is -2.43. The zero-order valence-electron chi connectivity index (χ0n) is 12.7. The number of fused-ring (bicyclic) bond motifs is 1. The Labute approximate surface area is 124 Å². The maximum atomic E-state index is 5.96. The van der Waals surface area contributed by atoms with Gasteiger partial charge in [0, 0.05) is 24.5 Å². The van der Waals surface area contributed by atoms with Crippen molar-refractivity contribution in [2.75, 3.05) is 13.6 Å². The molecule has 0 fully saturated rings. The van der Waals surface area contributed by atoms with E-state index in [4.69, 9.17) is 5.73 Å². The maximum absolute atomic E-state index is 5.96. The SMILES string of the molecule is CC/C=C\C(=N/C)c1ccc2cnn(/C(N)=N/CC)c2c1. The molecule has 0 spiro atoms. The monoisotopic (exact) mass is 283 g/mol. The van der Waals surface area contributed by atoms with Gasteiger partial charge in [-0.25, -0.2) is 4.68 Å². The second-order valence-electron chi connectivity index (χ2n) is 4.58. The van der Waals surface area contributed by atoms with E-state index >= 15 is 0 Å². The largest absolute Gasteiger partial charge is 0.368 e. The normalized spacial score (nSPS) is 13.5. The summed E-state index contributed by atoms with van der Waals surface area (Å²) in [6, 6.07) is 6.12. The second kappa shape index (κ2) is 6.83. The molecular formula is C16H21N5. The predicted molar refractivity (Wildman–Crippen MR) is 89.2 cm³/mol. The zero-order chi connectivity index (χ0) is 15.2. The highest BCUT2D eigenvalue weighted by atomic mass is 15.3. The molecule has 1 aromatic carbocycles. The molecule has 2 rings (SSSR count).